The van der Waals surface area contributed by atoms with Crippen molar-refractivity contribution in [1.29, 1.82) is 0 Å². The Bertz CT molecular complexity index is 1090. The minimum absolute atomic E-state index is 0.0554. The lowest BCUT2D eigenvalue weighted by atomic mass is 10.1. The number of anilines is 2. The summed E-state index contributed by atoms with van der Waals surface area (Å²) in [6.07, 6.45) is 3.44. The summed E-state index contributed by atoms with van der Waals surface area (Å²) in [5.74, 6) is 1.60. The molecule has 3 heterocycles. The first-order valence-corrected chi connectivity index (χ1v) is 9.89. The number of β-amino-alcohol motifs (C(OH)–C–C–N with tert-alkyl or cyclic N) is 1. The number of rotatable bonds is 7. The zero-order valence-corrected chi connectivity index (χ0v) is 18.0. The highest BCUT2D eigenvalue weighted by atomic mass is 16.5. The Labute approximate surface area is 180 Å². The molecule has 0 amide bonds. The molecular weight excluding hydrogens is 400 g/mol. The third-order valence-corrected chi connectivity index (χ3v) is 5.21. The lowest BCUT2D eigenvalue weighted by Gasteiger charge is -2.35. The lowest BCUT2D eigenvalue weighted by Crippen LogP contribution is -2.49. The molecule has 0 spiro atoms. The highest BCUT2D eigenvalue weighted by molar-refractivity contribution is 5.65. The van der Waals surface area contributed by atoms with Crippen LogP contribution in [0.15, 0.2) is 24.5 Å². The van der Waals surface area contributed by atoms with E-state index in [1.54, 1.807) is 16.9 Å². The van der Waals surface area contributed by atoms with Crippen LogP contribution in [-0.4, -0.2) is 68.3 Å². The molecule has 10 nitrogen and oxygen atoms in total. The topological polar surface area (TPSA) is 118 Å². The number of methoxy groups -OCH3 is 2. The largest absolute Gasteiger partial charge is 0.504 e. The Morgan fingerprint density at radius 3 is 2.65 bits per heavy atom. The van der Waals surface area contributed by atoms with Crippen LogP contribution in [0.1, 0.15) is 16.8 Å². The molecule has 1 aliphatic rings. The number of hydrogen-bond donors (Lipinski definition) is 3. The van der Waals surface area contributed by atoms with Crippen LogP contribution in [0.4, 0.5) is 11.6 Å². The van der Waals surface area contributed by atoms with Crippen LogP contribution in [0.25, 0.3) is 5.82 Å². The van der Waals surface area contributed by atoms with Crippen molar-refractivity contribution in [2.45, 2.75) is 26.5 Å². The van der Waals surface area contributed by atoms with E-state index in [0.29, 0.717) is 36.3 Å². The molecule has 0 aliphatic carbocycles. The number of aryl methyl sites for hydroxylation is 2. The Morgan fingerprint density at radius 1 is 1.19 bits per heavy atom. The maximum absolute atomic E-state index is 10.2. The number of aromatic nitrogens is 4. The van der Waals surface area contributed by atoms with Crippen molar-refractivity contribution in [3.63, 3.8) is 0 Å². The molecule has 1 aliphatic heterocycles. The van der Waals surface area contributed by atoms with Crippen LogP contribution in [0.3, 0.4) is 0 Å². The average molecular weight is 426 g/mol. The fourth-order valence-corrected chi connectivity index (χ4v) is 3.54. The maximum atomic E-state index is 10.2. The molecule has 0 saturated carbocycles. The molecule has 31 heavy (non-hydrogen) atoms. The van der Waals surface area contributed by atoms with E-state index in [4.69, 9.17) is 9.47 Å². The van der Waals surface area contributed by atoms with Gasteiger partial charge in [-0.2, -0.15) is 10.1 Å². The van der Waals surface area contributed by atoms with Gasteiger partial charge in [0.1, 0.15) is 0 Å². The van der Waals surface area contributed by atoms with Gasteiger partial charge >= 0.3 is 0 Å². The molecule has 1 fully saturated rings. The van der Waals surface area contributed by atoms with Gasteiger partial charge in [-0.1, -0.05) is 0 Å². The number of ether oxygens (including phenoxy) is 2. The maximum Gasteiger partial charge on any atom is 0.229 e. The second-order valence-corrected chi connectivity index (χ2v) is 7.59. The van der Waals surface area contributed by atoms with E-state index in [0.717, 1.165) is 23.4 Å². The number of benzene rings is 1. The molecule has 0 unspecified atom stereocenters. The van der Waals surface area contributed by atoms with Crippen LogP contribution in [0.2, 0.25) is 0 Å². The van der Waals surface area contributed by atoms with Crippen molar-refractivity contribution in [3.05, 3.63) is 41.3 Å². The number of phenolic OH excluding ortho intramolecular Hbond substituents is 1. The number of aliphatic hydroxyl groups is 1. The third-order valence-electron chi connectivity index (χ3n) is 5.21. The van der Waals surface area contributed by atoms with Crippen molar-refractivity contribution >= 4 is 11.6 Å². The fourth-order valence-electron chi connectivity index (χ4n) is 3.54. The van der Waals surface area contributed by atoms with E-state index >= 15 is 0 Å². The first-order valence-electron chi connectivity index (χ1n) is 9.89. The van der Waals surface area contributed by atoms with E-state index in [1.807, 2.05) is 20.0 Å². The summed E-state index contributed by atoms with van der Waals surface area (Å²) in [6.45, 7) is 5.99. The number of aromatic hydroxyl groups is 1. The normalized spacial score (nSPS) is 14.4. The van der Waals surface area contributed by atoms with Crippen LogP contribution in [-0.2, 0) is 6.54 Å². The lowest BCUT2D eigenvalue weighted by molar-refractivity contribution is -0.00297. The smallest absolute Gasteiger partial charge is 0.229 e. The highest BCUT2D eigenvalue weighted by Gasteiger charge is 2.25. The molecule has 3 aromatic rings. The summed E-state index contributed by atoms with van der Waals surface area (Å²) >= 11 is 0. The van der Waals surface area contributed by atoms with Crippen LogP contribution < -0.4 is 14.8 Å². The van der Waals surface area contributed by atoms with E-state index in [1.165, 1.54) is 20.3 Å². The first kappa shape index (κ1) is 20.9. The molecule has 0 atom stereocenters. The minimum Gasteiger partial charge on any atom is -0.504 e. The zero-order chi connectivity index (χ0) is 22.1. The van der Waals surface area contributed by atoms with Gasteiger partial charge in [-0.3, -0.25) is 4.90 Å². The molecule has 10 heteroatoms. The Hall–Kier alpha value is -3.37. The Kier molecular flexibility index (Phi) is 5.66. The molecule has 4 rings (SSSR count). The van der Waals surface area contributed by atoms with Crippen molar-refractivity contribution in [2.24, 2.45) is 0 Å². The van der Waals surface area contributed by atoms with Gasteiger partial charge in [-0.05, 0) is 13.8 Å². The summed E-state index contributed by atoms with van der Waals surface area (Å²) in [5.41, 5.74) is 3.43. The molecule has 2 aromatic heterocycles. The molecule has 0 radical (unpaired) electrons. The van der Waals surface area contributed by atoms with Crippen LogP contribution >= 0.6 is 0 Å². The minimum atomic E-state index is -0.232. The van der Waals surface area contributed by atoms with Gasteiger partial charge in [-0.25, -0.2) is 9.67 Å². The SMILES string of the molecule is COc1cc(Nc2ncc(C)c(-n3cc(CN4CC(O)C4)c(C)n3)n2)cc(O)c1OC. The van der Waals surface area contributed by atoms with Gasteiger partial charge in [0.2, 0.25) is 11.7 Å². The van der Waals surface area contributed by atoms with Gasteiger partial charge in [-0.15, -0.1) is 0 Å². The molecule has 164 valence electrons. The second-order valence-electron chi connectivity index (χ2n) is 7.59. The Balaban J connectivity index is 1.59. The zero-order valence-electron chi connectivity index (χ0n) is 18.0. The number of nitrogens with zero attached hydrogens (tertiary/aromatic N) is 5. The van der Waals surface area contributed by atoms with Crippen molar-refractivity contribution in [3.8, 4) is 23.1 Å². The number of likely N-dealkylation sites (tertiary alicyclic amines) is 1. The fraction of sp³-hybridized carbons (Fsp3) is 0.381. The van der Waals surface area contributed by atoms with Gasteiger partial charge in [0.15, 0.2) is 17.3 Å². The molecule has 1 aromatic carbocycles. The van der Waals surface area contributed by atoms with Gasteiger partial charge in [0.05, 0.1) is 26.0 Å². The summed E-state index contributed by atoms with van der Waals surface area (Å²) in [7, 11) is 2.96. The highest BCUT2D eigenvalue weighted by Crippen LogP contribution is 2.39. The number of hydrogen-bond acceptors (Lipinski definition) is 9. The van der Waals surface area contributed by atoms with E-state index < -0.39 is 0 Å². The summed E-state index contributed by atoms with van der Waals surface area (Å²) in [4.78, 5) is 11.1. The van der Waals surface area contributed by atoms with Gasteiger partial charge in [0, 0.05) is 61.0 Å². The van der Waals surface area contributed by atoms with Crippen LogP contribution in [0, 0.1) is 13.8 Å². The monoisotopic (exact) mass is 426 g/mol. The standard InChI is InChI=1S/C21H26N6O4/c1-12-7-22-21(23-15-5-17(29)19(31-4)18(6-15)30-3)24-20(12)27-9-14(13(2)25-27)8-26-10-16(28)11-26/h5-7,9,16,28-29H,8,10-11H2,1-4H3,(H,22,23,24). The summed E-state index contributed by atoms with van der Waals surface area (Å²) in [5, 5.41) is 27.4. The Morgan fingerprint density at radius 2 is 1.97 bits per heavy atom. The molecule has 0 bridgehead atoms. The van der Waals surface area contributed by atoms with Crippen molar-refractivity contribution in [2.75, 3.05) is 32.6 Å². The quantitative estimate of drug-likeness (QED) is 0.521. The molecule has 1 saturated heterocycles. The molecular formula is C21H26N6O4. The number of nitrogens with one attached hydrogen (secondary N) is 1. The first-order chi connectivity index (χ1) is 14.9. The summed E-state index contributed by atoms with van der Waals surface area (Å²) < 4.78 is 12.2. The molecule has 3 N–H and O–H groups in total. The van der Waals surface area contributed by atoms with Gasteiger partial charge in [0.25, 0.3) is 0 Å². The van der Waals surface area contributed by atoms with Crippen molar-refractivity contribution in [1.82, 2.24) is 24.6 Å². The van der Waals surface area contributed by atoms with E-state index in [2.05, 4.69) is 25.3 Å². The van der Waals surface area contributed by atoms with Crippen molar-refractivity contribution < 1.29 is 19.7 Å². The van der Waals surface area contributed by atoms with Gasteiger partial charge < -0.3 is 25.0 Å². The third kappa shape index (κ3) is 4.25. The van der Waals surface area contributed by atoms with E-state index in [9.17, 15) is 10.2 Å². The van der Waals surface area contributed by atoms with Crippen LogP contribution in [0.5, 0.6) is 17.2 Å². The number of phenols is 1. The number of aliphatic hydroxyl groups excluding tert-OH is 1. The second kappa shape index (κ2) is 8.40. The summed E-state index contributed by atoms with van der Waals surface area (Å²) in [6, 6.07) is 3.21. The predicted octanol–water partition coefficient (Wildman–Crippen LogP) is 1.92. The predicted molar refractivity (Wildman–Crippen MR) is 114 cm³/mol. The average Bonchev–Trinajstić information content (AvgIpc) is 3.08. The van der Waals surface area contributed by atoms with E-state index in [-0.39, 0.29) is 17.6 Å².